The zero-order chi connectivity index (χ0) is 18.8. The summed E-state index contributed by atoms with van der Waals surface area (Å²) in [5.41, 5.74) is 0.101. The molecule has 0 aliphatic heterocycles. The summed E-state index contributed by atoms with van der Waals surface area (Å²) in [5, 5.41) is 5.52. The minimum absolute atomic E-state index is 0.112. The summed E-state index contributed by atoms with van der Waals surface area (Å²) in [7, 11) is -8.37. The van der Waals surface area contributed by atoms with E-state index in [9.17, 15) is 21.2 Å². The molecule has 0 aliphatic carbocycles. The molecule has 0 fully saturated rings. The van der Waals surface area contributed by atoms with Gasteiger partial charge >= 0.3 is 0 Å². The van der Waals surface area contributed by atoms with Crippen LogP contribution in [0.25, 0.3) is 6.08 Å². The van der Waals surface area contributed by atoms with Crippen molar-refractivity contribution in [3.05, 3.63) is 63.8 Å². The van der Waals surface area contributed by atoms with Crippen LogP contribution < -0.4 is 9.86 Å². The lowest BCUT2D eigenvalue weighted by Crippen LogP contribution is -2.19. The van der Waals surface area contributed by atoms with Gasteiger partial charge in [0.25, 0.3) is 10.0 Å². The number of allylic oxidation sites excluding steroid dienone is 1. The Balaban J connectivity index is 2.42. The third-order valence-electron chi connectivity index (χ3n) is 3.16. The molecule has 0 aromatic heterocycles. The fourth-order valence-corrected chi connectivity index (χ4v) is 3.70. The Hall–Kier alpha value is -1.94. The highest BCUT2D eigenvalue weighted by atomic mass is 35.5. The molecule has 0 heterocycles. The highest BCUT2D eigenvalue weighted by Gasteiger charge is 2.20. The van der Waals surface area contributed by atoms with Crippen LogP contribution in [0.2, 0.25) is 5.02 Å². The van der Waals surface area contributed by atoms with Crippen molar-refractivity contribution in [2.24, 2.45) is 5.14 Å². The Morgan fingerprint density at radius 1 is 1.12 bits per heavy atom. The van der Waals surface area contributed by atoms with Gasteiger partial charge in [0.2, 0.25) is 10.0 Å². The first-order valence-electron chi connectivity index (χ1n) is 6.78. The highest BCUT2D eigenvalue weighted by Crippen LogP contribution is 2.24. The molecule has 2 rings (SSSR count). The summed E-state index contributed by atoms with van der Waals surface area (Å²) in [6.45, 7) is 1.31. The molecular weight excluding hydrogens is 391 g/mol. The molecule has 10 heteroatoms. The number of primary sulfonamides is 1. The van der Waals surface area contributed by atoms with Gasteiger partial charge in [0.1, 0.15) is 10.7 Å². The van der Waals surface area contributed by atoms with Crippen molar-refractivity contribution in [3.8, 4) is 0 Å². The second-order valence-corrected chi connectivity index (χ2v) is 8.92. The third kappa shape index (κ3) is 5.02. The number of nitrogens with one attached hydrogen (secondary N) is 1. The first-order valence-corrected chi connectivity index (χ1v) is 10.2. The van der Waals surface area contributed by atoms with Gasteiger partial charge in [0.05, 0.1) is 10.6 Å². The second-order valence-electron chi connectivity index (χ2n) is 5.10. The Labute approximate surface area is 150 Å². The van der Waals surface area contributed by atoms with E-state index >= 15 is 0 Å². The molecule has 0 saturated heterocycles. The Morgan fingerprint density at radius 3 is 2.28 bits per heavy atom. The van der Waals surface area contributed by atoms with E-state index in [0.29, 0.717) is 10.6 Å². The first kappa shape index (κ1) is 19.4. The van der Waals surface area contributed by atoms with Crippen LogP contribution in [0.3, 0.4) is 0 Å². The Bertz CT molecular complexity index is 1030. The van der Waals surface area contributed by atoms with Gasteiger partial charge in [-0.15, -0.1) is 0 Å². The van der Waals surface area contributed by atoms with E-state index < -0.39 is 36.4 Å². The Kier molecular flexibility index (Phi) is 5.52. The molecule has 25 heavy (non-hydrogen) atoms. The summed E-state index contributed by atoms with van der Waals surface area (Å²) in [6.07, 6.45) is 1.36. The van der Waals surface area contributed by atoms with Gasteiger partial charge in [-0.25, -0.2) is 26.4 Å². The molecule has 3 N–H and O–H groups in total. The number of anilines is 1. The molecule has 0 aliphatic rings. The third-order valence-corrected chi connectivity index (χ3v) is 5.83. The summed E-state index contributed by atoms with van der Waals surface area (Å²) >= 11 is 5.76. The number of hydrogen-bond acceptors (Lipinski definition) is 4. The normalized spacial score (nSPS) is 12.9. The summed E-state index contributed by atoms with van der Waals surface area (Å²) in [4.78, 5) is -0.642. The number of sulfonamides is 2. The maximum absolute atomic E-state index is 13.4. The summed E-state index contributed by atoms with van der Waals surface area (Å²) < 4.78 is 63.3. The first-order chi connectivity index (χ1) is 11.5. The smallest absolute Gasteiger partial charge is 0.257 e. The average Bonchev–Trinajstić information content (AvgIpc) is 2.47. The van der Waals surface area contributed by atoms with Crippen LogP contribution in [0.1, 0.15) is 12.5 Å². The van der Waals surface area contributed by atoms with Crippen LogP contribution in [0, 0.1) is 5.82 Å². The molecular formula is C15H14ClFN2O4S2. The quantitative estimate of drug-likeness (QED) is 0.798. The van der Waals surface area contributed by atoms with E-state index in [-0.39, 0.29) is 4.91 Å². The van der Waals surface area contributed by atoms with E-state index in [4.69, 9.17) is 16.7 Å². The molecule has 6 nitrogen and oxygen atoms in total. The SMILES string of the molecule is C/C(=C/c1ccc(Cl)cc1)S(=O)(=O)Nc1cc(F)ccc1S(N)(=O)=O. The molecule has 0 bridgehead atoms. The second kappa shape index (κ2) is 7.12. The lowest BCUT2D eigenvalue weighted by molar-refractivity contribution is 0.597. The van der Waals surface area contributed by atoms with Crippen LogP contribution in [-0.4, -0.2) is 16.8 Å². The maximum atomic E-state index is 13.4. The van der Waals surface area contributed by atoms with Crippen LogP contribution in [0.4, 0.5) is 10.1 Å². The van der Waals surface area contributed by atoms with Gasteiger partial charge in [-0.2, -0.15) is 0 Å². The van der Waals surface area contributed by atoms with Gasteiger partial charge in [0, 0.05) is 5.02 Å². The van der Waals surface area contributed by atoms with Gasteiger partial charge in [-0.05, 0) is 48.9 Å². The number of nitrogens with two attached hydrogens (primary N) is 1. The van der Waals surface area contributed by atoms with Crippen LogP contribution in [-0.2, 0) is 20.0 Å². The van der Waals surface area contributed by atoms with E-state index in [1.54, 1.807) is 24.3 Å². The summed E-state index contributed by atoms with van der Waals surface area (Å²) in [5.74, 6) is -0.815. The molecule has 0 saturated carbocycles. The molecule has 2 aromatic rings. The highest BCUT2D eigenvalue weighted by molar-refractivity contribution is 7.96. The predicted octanol–water partition coefficient (Wildman–Crippen LogP) is 2.93. The van der Waals surface area contributed by atoms with E-state index in [2.05, 4.69) is 0 Å². The zero-order valence-corrected chi connectivity index (χ0v) is 15.3. The van der Waals surface area contributed by atoms with Crippen LogP contribution in [0.5, 0.6) is 0 Å². The van der Waals surface area contributed by atoms with Crippen LogP contribution >= 0.6 is 11.6 Å². The van der Waals surface area contributed by atoms with Crippen molar-refractivity contribution < 1.29 is 21.2 Å². The van der Waals surface area contributed by atoms with Gasteiger partial charge < -0.3 is 0 Å². The molecule has 0 atom stereocenters. The zero-order valence-electron chi connectivity index (χ0n) is 12.9. The predicted molar refractivity (Wildman–Crippen MR) is 95.4 cm³/mol. The Morgan fingerprint density at radius 2 is 1.72 bits per heavy atom. The van der Waals surface area contributed by atoms with Crippen LogP contribution in [0.15, 0.2) is 52.3 Å². The van der Waals surface area contributed by atoms with Gasteiger partial charge in [-0.3, -0.25) is 4.72 Å². The topological polar surface area (TPSA) is 106 Å². The van der Waals surface area contributed by atoms with Gasteiger partial charge in [0.15, 0.2) is 0 Å². The fraction of sp³-hybridized carbons (Fsp3) is 0.0667. The van der Waals surface area contributed by atoms with Gasteiger partial charge in [-0.1, -0.05) is 23.7 Å². The number of benzene rings is 2. The average molecular weight is 405 g/mol. The van der Waals surface area contributed by atoms with Crippen molar-refractivity contribution in [2.75, 3.05) is 4.72 Å². The van der Waals surface area contributed by atoms with Crippen molar-refractivity contribution in [2.45, 2.75) is 11.8 Å². The summed E-state index contributed by atoms with van der Waals surface area (Å²) in [6, 6.07) is 8.90. The number of halogens is 2. The van der Waals surface area contributed by atoms with E-state index in [0.717, 1.165) is 18.2 Å². The molecule has 0 unspecified atom stereocenters. The van der Waals surface area contributed by atoms with E-state index in [1.165, 1.54) is 13.0 Å². The lowest BCUT2D eigenvalue weighted by Gasteiger charge is -2.12. The van der Waals surface area contributed by atoms with Crippen molar-refractivity contribution in [3.63, 3.8) is 0 Å². The van der Waals surface area contributed by atoms with Crippen molar-refractivity contribution >= 4 is 43.4 Å². The fourth-order valence-electron chi connectivity index (χ4n) is 1.93. The monoisotopic (exact) mass is 404 g/mol. The molecule has 0 radical (unpaired) electrons. The standard InChI is InChI=1S/C15H14ClFN2O4S2/c1-10(8-11-2-4-12(16)5-3-11)25(22,23)19-14-9-13(17)6-7-15(14)24(18,20)21/h2-9,19H,1H3,(H2,18,20,21)/b10-8-. The minimum Gasteiger partial charge on any atom is -0.278 e. The molecule has 2 aromatic carbocycles. The van der Waals surface area contributed by atoms with Crippen molar-refractivity contribution in [1.29, 1.82) is 0 Å². The maximum Gasteiger partial charge on any atom is 0.257 e. The van der Waals surface area contributed by atoms with E-state index in [1.807, 2.05) is 4.72 Å². The molecule has 0 amide bonds. The minimum atomic E-state index is -4.24. The lowest BCUT2D eigenvalue weighted by atomic mass is 10.2. The molecule has 0 spiro atoms. The largest absolute Gasteiger partial charge is 0.278 e. The number of rotatable bonds is 5. The number of hydrogen-bond donors (Lipinski definition) is 2. The van der Waals surface area contributed by atoms with Crippen molar-refractivity contribution in [1.82, 2.24) is 0 Å². The molecule has 134 valence electrons.